The molecule has 1 amide bonds. The van der Waals surface area contributed by atoms with Crippen molar-refractivity contribution in [3.05, 3.63) is 39.3 Å². The van der Waals surface area contributed by atoms with Crippen molar-refractivity contribution in [2.45, 2.75) is 18.9 Å². The van der Waals surface area contributed by atoms with Crippen molar-refractivity contribution in [3.8, 4) is 0 Å². The second-order valence-electron chi connectivity index (χ2n) is 4.67. The monoisotopic (exact) mass is 295 g/mol. The lowest BCUT2D eigenvalue weighted by Crippen LogP contribution is -2.30. The molecule has 2 aromatic heterocycles. The van der Waals surface area contributed by atoms with Crippen LogP contribution in [0.3, 0.4) is 0 Å². The van der Waals surface area contributed by atoms with Gasteiger partial charge in [0.25, 0.3) is 5.91 Å². The van der Waals surface area contributed by atoms with E-state index in [4.69, 9.17) is 11.6 Å². The molecule has 4 nitrogen and oxygen atoms in total. The second-order valence-corrected chi connectivity index (χ2v) is 6.06. The van der Waals surface area contributed by atoms with Gasteiger partial charge >= 0.3 is 0 Å². The van der Waals surface area contributed by atoms with E-state index >= 15 is 0 Å². The lowest BCUT2D eigenvalue weighted by Gasteiger charge is -2.23. The molecule has 1 aliphatic heterocycles. The van der Waals surface area contributed by atoms with Crippen molar-refractivity contribution in [1.82, 2.24) is 14.7 Å². The summed E-state index contributed by atoms with van der Waals surface area (Å²) in [5.41, 5.74) is 0.354. The van der Waals surface area contributed by atoms with Gasteiger partial charge in [-0.15, -0.1) is 11.3 Å². The predicted molar refractivity (Wildman–Crippen MR) is 75.5 cm³/mol. The Kier molecular flexibility index (Phi) is 3.33. The fourth-order valence-corrected chi connectivity index (χ4v) is 3.66. The number of halogens is 1. The van der Waals surface area contributed by atoms with E-state index in [1.165, 1.54) is 4.88 Å². The van der Waals surface area contributed by atoms with E-state index in [2.05, 4.69) is 11.2 Å². The summed E-state index contributed by atoms with van der Waals surface area (Å²) in [5.74, 6) is -0.0681. The third kappa shape index (κ3) is 2.28. The highest BCUT2D eigenvalue weighted by Crippen LogP contribution is 2.35. The Bertz CT molecular complexity index is 593. The zero-order valence-corrected chi connectivity index (χ0v) is 12.1. The first-order valence-electron chi connectivity index (χ1n) is 6.20. The standard InChI is InChI=1S/C13H14ClN3OS/c1-16-8-9(14)12(15-16)13(18)17-6-2-4-10(17)11-5-3-7-19-11/h3,5,7-8,10H,2,4,6H2,1H3. The number of carbonyl (C=O) groups is 1. The number of hydrogen-bond donors (Lipinski definition) is 0. The smallest absolute Gasteiger partial charge is 0.276 e. The highest BCUT2D eigenvalue weighted by Gasteiger charge is 2.33. The second kappa shape index (κ2) is 4.98. The van der Waals surface area contributed by atoms with Crippen LogP contribution in [0.1, 0.15) is 34.2 Å². The topological polar surface area (TPSA) is 38.1 Å². The molecule has 19 heavy (non-hydrogen) atoms. The van der Waals surface area contributed by atoms with E-state index in [0.717, 1.165) is 19.4 Å². The Balaban J connectivity index is 1.89. The Morgan fingerprint density at radius 2 is 2.42 bits per heavy atom. The average Bonchev–Trinajstić information content (AvgIpc) is 3.06. The van der Waals surface area contributed by atoms with Gasteiger partial charge in [0.15, 0.2) is 5.69 Å². The first-order valence-corrected chi connectivity index (χ1v) is 7.46. The fraction of sp³-hybridized carbons (Fsp3) is 0.385. The predicted octanol–water partition coefficient (Wildman–Crippen LogP) is 3.11. The average molecular weight is 296 g/mol. The molecule has 1 saturated heterocycles. The van der Waals surface area contributed by atoms with Crippen LogP contribution < -0.4 is 0 Å². The first kappa shape index (κ1) is 12.7. The largest absolute Gasteiger partial charge is 0.329 e. The zero-order valence-electron chi connectivity index (χ0n) is 10.5. The molecule has 1 unspecified atom stereocenters. The Morgan fingerprint density at radius 3 is 3.05 bits per heavy atom. The third-order valence-corrected chi connectivity index (χ3v) is 4.62. The number of aryl methyl sites for hydroxylation is 1. The molecular formula is C13H14ClN3OS. The number of amides is 1. The van der Waals surface area contributed by atoms with Gasteiger partial charge < -0.3 is 4.90 Å². The number of nitrogens with zero attached hydrogens (tertiary/aromatic N) is 3. The minimum atomic E-state index is -0.0681. The lowest BCUT2D eigenvalue weighted by molar-refractivity contribution is 0.0731. The van der Waals surface area contributed by atoms with Crippen molar-refractivity contribution in [3.63, 3.8) is 0 Å². The van der Waals surface area contributed by atoms with Crippen LogP contribution in [-0.2, 0) is 7.05 Å². The number of hydrogen-bond acceptors (Lipinski definition) is 3. The van der Waals surface area contributed by atoms with E-state index in [1.54, 1.807) is 29.3 Å². The highest BCUT2D eigenvalue weighted by atomic mass is 35.5. The van der Waals surface area contributed by atoms with E-state index < -0.39 is 0 Å². The summed E-state index contributed by atoms with van der Waals surface area (Å²) in [6.07, 6.45) is 3.69. The summed E-state index contributed by atoms with van der Waals surface area (Å²) in [4.78, 5) is 15.7. The van der Waals surface area contributed by atoms with Crippen LogP contribution in [-0.4, -0.2) is 27.1 Å². The molecule has 100 valence electrons. The lowest BCUT2D eigenvalue weighted by atomic mass is 10.2. The molecule has 1 atom stereocenters. The van der Waals surface area contributed by atoms with Crippen molar-refractivity contribution in [2.75, 3.05) is 6.54 Å². The summed E-state index contributed by atoms with van der Waals surface area (Å²) in [6, 6.07) is 4.28. The van der Waals surface area contributed by atoms with Crippen LogP contribution in [0, 0.1) is 0 Å². The van der Waals surface area contributed by atoms with E-state index in [0.29, 0.717) is 10.7 Å². The van der Waals surface area contributed by atoms with Gasteiger partial charge in [0.05, 0.1) is 11.1 Å². The normalized spacial score (nSPS) is 19.1. The van der Waals surface area contributed by atoms with E-state index in [-0.39, 0.29) is 11.9 Å². The molecule has 3 heterocycles. The molecule has 0 saturated carbocycles. The molecule has 1 aliphatic rings. The van der Waals surface area contributed by atoms with Crippen LogP contribution in [0.25, 0.3) is 0 Å². The van der Waals surface area contributed by atoms with Gasteiger partial charge in [-0.2, -0.15) is 5.10 Å². The van der Waals surface area contributed by atoms with E-state index in [1.807, 2.05) is 16.3 Å². The minimum Gasteiger partial charge on any atom is -0.329 e. The Morgan fingerprint density at radius 1 is 1.58 bits per heavy atom. The van der Waals surface area contributed by atoms with Crippen LogP contribution in [0.15, 0.2) is 23.7 Å². The van der Waals surface area contributed by atoms with Crippen LogP contribution in [0.5, 0.6) is 0 Å². The molecule has 0 aliphatic carbocycles. The van der Waals surface area contributed by atoms with Crippen molar-refractivity contribution in [2.24, 2.45) is 7.05 Å². The van der Waals surface area contributed by atoms with Gasteiger partial charge in [0.2, 0.25) is 0 Å². The van der Waals surface area contributed by atoms with Crippen LogP contribution in [0.2, 0.25) is 5.02 Å². The molecule has 0 N–H and O–H groups in total. The summed E-state index contributed by atoms with van der Waals surface area (Å²) in [6.45, 7) is 0.772. The zero-order chi connectivity index (χ0) is 13.4. The van der Waals surface area contributed by atoms with Crippen LogP contribution in [0.4, 0.5) is 0 Å². The van der Waals surface area contributed by atoms with Crippen molar-refractivity contribution in [1.29, 1.82) is 0 Å². The van der Waals surface area contributed by atoms with Crippen molar-refractivity contribution < 1.29 is 4.79 Å². The maximum absolute atomic E-state index is 12.6. The number of rotatable bonds is 2. The number of aromatic nitrogens is 2. The van der Waals surface area contributed by atoms with Gasteiger partial charge in [0, 0.05) is 24.7 Å². The molecule has 0 bridgehead atoms. The molecule has 1 fully saturated rings. The minimum absolute atomic E-state index is 0.0681. The van der Waals surface area contributed by atoms with Gasteiger partial charge in [-0.25, -0.2) is 0 Å². The van der Waals surface area contributed by atoms with Gasteiger partial charge in [0.1, 0.15) is 0 Å². The first-order chi connectivity index (χ1) is 9.16. The maximum atomic E-state index is 12.6. The SMILES string of the molecule is Cn1cc(Cl)c(C(=O)N2CCCC2c2cccs2)n1. The molecule has 6 heteroatoms. The summed E-state index contributed by atoms with van der Waals surface area (Å²) in [7, 11) is 1.77. The summed E-state index contributed by atoms with van der Waals surface area (Å²) in [5, 5.41) is 6.63. The quantitative estimate of drug-likeness (QED) is 0.854. The molecule has 0 aromatic carbocycles. The number of thiophene rings is 1. The molecule has 2 aromatic rings. The Labute approximate surface area is 120 Å². The highest BCUT2D eigenvalue weighted by molar-refractivity contribution is 7.10. The summed E-state index contributed by atoms with van der Waals surface area (Å²) >= 11 is 7.76. The van der Waals surface area contributed by atoms with E-state index in [9.17, 15) is 4.79 Å². The molecule has 0 spiro atoms. The maximum Gasteiger partial charge on any atom is 0.276 e. The van der Waals surface area contributed by atoms with Crippen LogP contribution >= 0.6 is 22.9 Å². The summed E-state index contributed by atoms with van der Waals surface area (Å²) < 4.78 is 1.58. The molecular weight excluding hydrogens is 282 g/mol. The van der Waals surface area contributed by atoms with Gasteiger partial charge in [-0.05, 0) is 24.3 Å². The van der Waals surface area contributed by atoms with Gasteiger partial charge in [-0.3, -0.25) is 9.48 Å². The number of carbonyl (C=O) groups excluding carboxylic acids is 1. The van der Waals surface area contributed by atoms with Gasteiger partial charge in [-0.1, -0.05) is 17.7 Å². The third-order valence-electron chi connectivity index (χ3n) is 3.37. The Hall–Kier alpha value is -1.33. The van der Waals surface area contributed by atoms with Crippen molar-refractivity contribution >= 4 is 28.8 Å². The molecule has 3 rings (SSSR count). The molecule has 0 radical (unpaired) electrons. The fourth-order valence-electron chi connectivity index (χ4n) is 2.53. The number of likely N-dealkylation sites (tertiary alicyclic amines) is 1.